The van der Waals surface area contributed by atoms with Gasteiger partial charge in [-0.1, -0.05) is 140 Å². The fourth-order valence-corrected chi connectivity index (χ4v) is 6.83. The molecular formula is C44H30N4O4. The first-order valence-corrected chi connectivity index (χ1v) is 16.7. The van der Waals surface area contributed by atoms with Crippen molar-refractivity contribution in [3.63, 3.8) is 0 Å². The van der Waals surface area contributed by atoms with E-state index in [-0.39, 0.29) is 11.1 Å². The van der Waals surface area contributed by atoms with Crippen molar-refractivity contribution >= 4 is 35.3 Å². The van der Waals surface area contributed by atoms with Crippen LogP contribution in [0.25, 0.3) is 11.1 Å². The van der Waals surface area contributed by atoms with Crippen LogP contribution >= 0.6 is 0 Å². The van der Waals surface area contributed by atoms with Crippen LogP contribution in [0.4, 0.5) is 0 Å². The van der Waals surface area contributed by atoms with E-state index in [4.69, 9.17) is 20.0 Å². The third-order valence-electron chi connectivity index (χ3n) is 9.35. The van der Waals surface area contributed by atoms with Crippen molar-refractivity contribution in [2.24, 2.45) is 20.0 Å². The molecule has 1 unspecified atom stereocenters. The first kappa shape index (κ1) is 32.2. The Morgan fingerprint density at radius 3 is 1.44 bits per heavy atom. The van der Waals surface area contributed by atoms with Crippen molar-refractivity contribution in [2.45, 2.75) is 11.3 Å². The molecule has 8 rings (SSSR count). The van der Waals surface area contributed by atoms with E-state index in [9.17, 15) is 19.8 Å². The standard InChI is InChI=1S/C44H30N4O4/c49-41(50)33-21-23-34(24-22-33)44(47-39(31-17-9-3-10-18-31)40(48-44)32-19-11-4-12-20-32)43(45-28-38(46-43)30-15-7-2-8-16-30)35-25-26-36(42(51)52)37(27-35)29-13-5-1-6-14-29/h1-28H,(H,49,50)(H,51,52). The molecule has 0 saturated heterocycles. The fourth-order valence-electron chi connectivity index (χ4n) is 6.83. The molecule has 8 heteroatoms. The second kappa shape index (κ2) is 13.0. The molecule has 0 saturated carbocycles. The van der Waals surface area contributed by atoms with E-state index < -0.39 is 23.3 Å². The van der Waals surface area contributed by atoms with Gasteiger partial charge in [-0.3, -0.25) is 4.99 Å². The minimum absolute atomic E-state index is 0.103. The lowest BCUT2D eigenvalue weighted by Gasteiger charge is -2.38. The molecule has 1 atom stereocenters. The molecule has 2 aliphatic rings. The second-order valence-electron chi connectivity index (χ2n) is 12.4. The number of carbonyl (C=O) groups is 2. The summed E-state index contributed by atoms with van der Waals surface area (Å²) in [6.45, 7) is 0. The number of rotatable bonds is 9. The average Bonchev–Trinajstić information content (AvgIpc) is 3.85. The van der Waals surface area contributed by atoms with Crippen molar-refractivity contribution in [3.05, 3.63) is 203 Å². The van der Waals surface area contributed by atoms with Crippen LogP contribution in [0.15, 0.2) is 184 Å². The maximum atomic E-state index is 12.6. The van der Waals surface area contributed by atoms with Crippen molar-refractivity contribution < 1.29 is 19.8 Å². The molecule has 6 aromatic rings. The van der Waals surface area contributed by atoms with Gasteiger partial charge in [-0.25, -0.2) is 24.6 Å². The van der Waals surface area contributed by atoms with Crippen LogP contribution in [0, 0.1) is 0 Å². The zero-order valence-corrected chi connectivity index (χ0v) is 27.7. The van der Waals surface area contributed by atoms with E-state index in [1.807, 2.05) is 127 Å². The number of aromatic carboxylic acids is 2. The summed E-state index contributed by atoms with van der Waals surface area (Å²) in [5.41, 5.74) is 3.56. The summed E-state index contributed by atoms with van der Waals surface area (Å²) in [6, 6.07) is 50.1. The zero-order chi connectivity index (χ0) is 35.7. The smallest absolute Gasteiger partial charge is 0.336 e. The molecule has 2 N–H and O–H groups in total. The van der Waals surface area contributed by atoms with Crippen molar-refractivity contribution in [1.29, 1.82) is 0 Å². The van der Waals surface area contributed by atoms with Crippen LogP contribution in [0.3, 0.4) is 0 Å². The Kier molecular flexibility index (Phi) is 8.04. The second-order valence-corrected chi connectivity index (χ2v) is 12.4. The summed E-state index contributed by atoms with van der Waals surface area (Å²) in [6.07, 6.45) is 1.71. The van der Waals surface area contributed by atoms with Gasteiger partial charge in [-0.05, 0) is 35.4 Å². The Hall–Kier alpha value is -7.06. The highest BCUT2D eigenvalue weighted by atomic mass is 16.4. The summed E-state index contributed by atoms with van der Waals surface area (Å²) >= 11 is 0. The molecule has 2 aliphatic heterocycles. The van der Waals surface area contributed by atoms with Gasteiger partial charge in [0.1, 0.15) is 0 Å². The number of carboxylic acid groups (broad SMARTS) is 2. The predicted molar refractivity (Wildman–Crippen MR) is 203 cm³/mol. The Balaban J connectivity index is 1.50. The van der Waals surface area contributed by atoms with E-state index in [2.05, 4.69) is 0 Å². The molecule has 0 amide bonds. The average molecular weight is 679 g/mol. The third kappa shape index (κ3) is 5.43. The van der Waals surface area contributed by atoms with E-state index in [0.717, 1.165) is 16.7 Å². The van der Waals surface area contributed by atoms with Crippen LogP contribution in [0.5, 0.6) is 0 Å². The van der Waals surface area contributed by atoms with E-state index >= 15 is 0 Å². The Labute approximate surface area is 299 Å². The quantitative estimate of drug-likeness (QED) is 0.160. The summed E-state index contributed by atoms with van der Waals surface area (Å²) in [5, 5.41) is 20.2. The van der Waals surface area contributed by atoms with Crippen molar-refractivity contribution in [1.82, 2.24) is 0 Å². The van der Waals surface area contributed by atoms with Gasteiger partial charge in [0.25, 0.3) is 0 Å². The number of aliphatic imine (C=N–C) groups is 4. The van der Waals surface area contributed by atoms with Gasteiger partial charge in [0, 0.05) is 27.8 Å². The summed E-state index contributed by atoms with van der Waals surface area (Å²) in [7, 11) is 0. The fraction of sp³-hybridized carbons (Fsp3) is 0.0455. The molecule has 0 aromatic heterocycles. The lowest BCUT2D eigenvalue weighted by molar-refractivity contribution is 0.0686. The number of carboxylic acids is 2. The summed E-state index contributed by atoms with van der Waals surface area (Å²) in [5.74, 6) is -2.14. The highest BCUT2D eigenvalue weighted by Gasteiger charge is 2.59. The van der Waals surface area contributed by atoms with Crippen LogP contribution in [-0.4, -0.2) is 45.5 Å². The molecule has 52 heavy (non-hydrogen) atoms. The van der Waals surface area contributed by atoms with Crippen LogP contribution in [0.1, 0.15) is 48.5 Å². The molecule has 2 heterocycles. The van der Waals surface area contributed by atoms with Gasteiger partial charge in [0.2, 0.25) is 11.3 Å². The third-order valence-corrected chi connectivity index (χ3v) is 9.35. The van der Waals surface area contributed by atoms with Crippen molar-refractivity contribution in [2.75, 3.05) is 0 Å². The molecular weight excluding hydrogens is 649 g/mol. The lowest BCUT2D eigenvalue weighted by Crippen LogP contribution is -2.43. The number of hydrogen-bond donors (Lipinski definition) is 2. The van der Waals surface area contributed by atoms with Gasteiger partial charge in [-0.2, -0.15) is 0 Å². The summed E-state index contributed by atoms with van der Waals surface area (Å²) < 4.78 is 0. The molecule has 6 aromatic carbocycles. The van der Waals surface area contributed by atoms with Gasteiger partial charge in [0.05, 0.1) is 34.5 Å². The van der Waals surface area contributed by atoms with Crippen LogP contribution < -0.4 is 0 Å². The Morgan fingerprint density at radius 1 is 0.462 bits per heavy atom. The number of hydrogen-bond acceptors (Lipinski definition) is 6. The monoisotopic (exact) mass is 678 g/mol. The first-order chi connectivity index (χ1) is 25.4. The molecule has 0 bridgehead atoms. The molecule has 0 aliphatic carbocycles. The highest BCUT2D eigenvalue weighted by Crippen LogP contribution is 2.54. The maximum absolute atomic E-state index is 12.6. The van der Waals surface area contributed by atoms with Crippen LogP contribution in [-0.2, 0) is 11.3 Å². The SMILES string of the molecule is O=C(O)c1ccc(C2(C3(c4ccc(C(=O)O)c(-c5ccccc5)c4)N=CC(c4ccccc4)=N3)N=C(c3ccccc3)C(c3ccccc3)=N2)cc1. The Bertz CT molecular complexity index is 2390. The normalized spacial score (nSPS) is 17.3. The minimum Gasteiger partial charge on any atom is -0.478 e. The van der Waals surface area contributed by atoms with Gasteiger partial charge < -0.3 is 10.2 Å². The maximum Gasteiger partial charge on any atom is 0.336 e. The Morgan fingerprint density at radius 2 is 0.942 bits per heavy atom. The molecule has 0 radical (unpaired) electrons. The van der Waals surface area contributed by atoms with Gasteiger partial charge in [0.15, 0.2) is 0 Å². The van der Waals surface area contributed by atoms with E-state index in [1.165, 1.54) is 12.1 Å². The van der Waals surface area contributed by atoms with Crippen LogP contribution in [0.2, 0.25) is 0 Å². The van der Waals surface area contributed by atoms with Gasteiger partial charge in [-0.15, -0.1) is 0 Å². The van der Waals surface area contributed by atoms with Crippen molar-refractivity contribution in [3.8, 4) is 11.1 Å². The molecule has 250 valence electrons. The largest absolute Gasteiger partial charge is 0.478 e. The minimum atomic E-state index is -1.62. The molecule has 8 nitrogen and oxygen atoms in total. The number of benzene rings is 6. The highest BCUT2D eigenvalue weighted by molar-refractivity contribution is 6.54. The molecule has 0 fully saturated rings. The van der Waals surface area contributed by atoms with E-state index in [0.29, 0.717) is 39.4 Å². The molecule has 0 spiro atoms. The zero-order valence-electron chi connectivity index (χ0n) is 27.7. The number of nitrogens with zero attached hydrogens (tertiary/aromatic N) is 4. The lowest BCUT2D eigenvalue weighted by atomic mass is 9.80. The first-order valence-electron chi connectivity index (χ1n) is 16.7. The summed E-state index contributed by atoms with van der Waals surface area (Å²) in [4.78, 5) is 46.4. The topological polar surface area (TPSA) is 124 Å². The predicted octanol–water partition coefficient (Wildman–Crippen LogP) is 8.32. The van der Waals surface area contributed by atoms with E-state index in [1.54, 1.807) is 30.5 Å². The van der Waals surface area contributed by atoms with Gasteiger partial charge >= 0.3 is 11.9 Å².